The van der Waals surface area contributed by atoms with Crippen LogP contribution in [0.15, 0.2) is 30.3 Å². The Morgan fingerprint density at radius 1 is 1.43 bits per heavy atom. The van der Waals surface area contributed by atoms with Gasteiger partial charge in [0, 0.05) is 32.1 Å². The Kier molecular flexibility index (Phi) is 5.33. The molecular formula is C16H23N3O2. The second-order valence-corrected chi connectivity index (χ2v) is 5.72. The van der Waals surface area contributed by atoms with E-state index in [-0.39, 0.29) is 23.8 Å². The molecule has 1 heterocycles. The van der Waals surface area contributed by atoms with Crippen LogP contribution in [0.2, 0.25) is 0 Å². The van der Waals surface area contributed by atoms with Gasteiger partial charge < -0.3 is 16.0 Å². The SMILES string of the molecule is CC(N)CCNC(=O)C1CC(=O)N(Cc2ccccc2)C1. The van der Waals surface area contributed by atoms with Crippen molar-refractivity contribution in [3.8, 4) is 0 Å². The summed E-state index contributed by atoms with van der Waals surface area (Å²) < 4.78 is 0. The van der Waals surface area contributed by atoms with Crippen LogP contribution in [0.5, 0.6) is 0 Å². The van der Waals surface area contributed by atoms with Crippen LogP contribution in [-0.4, -0.2) is 35.8 Å². The second kappa shape index (κ2) is 7.22. The molecule has 1 aromatic rings. The van der Waals surface area contributed by atoms with E-state index in [0.717, 1.165) is 12.0 Å². The van der Waals surface area contributed by atoms with Crippen molar-refractivity contribution in [2.45, 2.75) is 32.4 Å². The summed E-state index contributed by atoms with van der Waals surface area (Å²) in [5.41, 5.74) is 6.74. The van der Waals surface area contributed by atoms with Crippen molar-refractivity contribution < 1.29 is 9.59 Å². The Morgan fingerprint density at radius 3 is 2.81 bits per heavy atom. The monoisotopic (exact) mass is 289 g/mol. The van der Waals surface area contributed by atoms with Gasteiger partial charge in [0.1, 0.15) is 0 Å². The Bertz CT molecular complexity index is 488. The first kappa shape index (κ1) is 15.5. The summed E-state index contributed by atoms with van der Waals surface area (Å²) in [4.78, 5) is 25.8. The summed E-state index contributed by atoms with van der Waals surface area (Å²) in [6.07, 6.45) is 1.05. The highest BCUT2D eigenvalue weighted by molar-refractivity contribution is 5.89. The lowest BCUT2D eigenvalue weighted by atomic mass is 10.1. The molecule has 2 unspecified atom stereocenters. The summed E-state index contributed by atoms with van der Waals surface area (Å²) in [6.45, 7) is 3.55. The number of benzene rings is 1. The number of nitrogens with one attached hydrogen (secondary N) is 1. The number of carbonyl (C=O) groups excluding carboxylic acids is 2. The molecule has 1 aromatic carbocycles. The summed E-state index contributed by atoms with van der Waals surface area (Å²) >= 11 is 0. The summed E-state index contributed by atoms with van der Waals surface area (Å²) in [5, 5.41) is 2.86. The summed E-state index contributed by atoms with van der Waals surface area (Å²) in [7, 11) is 0. The highest BCUT2D eigenvalue weighted by atomic mass is 16.2. The van der Waals surface area contributed by atoms with Gasteiger partial charge in [0.2, 0.25) is 11.8 Å². The molecule has 0 saturated carbocycles. The number of hydrogen-bond acceptors (Lipinski definition) is 3. The fourth-order valence-electron chi connectivity index (χ4n) is 2.47. The molecular weight excluding hydrogens is 266 g/mol. The van der Waals surface area contributed by atoms with Crippen LogP contribution in [0.4, 0.5) is 0 Å². The van der Waals surface area contributed by atoms with Crippen molar-refractivity contribution in [1.29, 1.82) is 0 Å². The van der Waals surface area contributed by atoms with Gasteiger partial charge in [-0.05, 0) is 18.9 Å². The molecule has 0 bridgehead atoms. The van der Waals surface area contributed by atoms with Crippen molar-refractivity contribution >= 4 is 11.8 Å². The molecule has 0 radical (unpaired) electrons. The first-order chi connectivity index (χ1) is 10.1. The van der Waals surface area contributed by atoms with Gasteiger partial charge in [-0.3, -0.25) is 9.59 Å². The molecule has 0 spiro atoms. The standard InChI is InChI=1S/C16H23N3O2/c1-12(17)7-8-18-16(21)14-9-15(20)19(11-14)10-13-5-3-2-4-6-13/h2-6,12,14H,7-11,17H2,1H3,(H,18,21). The molecule has 3 N–H and O–H groups in total. The minimum atomic E-state index is -0.241. The largest absolute Gasteiger partial charge is 0.356 e. The van der Waals surface area contributed by atoms with Crippen molar-refractivity contribution in [3.63, 3.8) is 0 Å². The van der Waals surface area contributed by atoms with Crippen LogP contribution in [0.25, 0.3) is 0 Å². The fraction of sp³-hybridized carbons (Fsp3) is 0.500. The lowest BCUT2D eigenvalue weighted by molar-refractivity contribution is -0.129. The van der Waals surface area contributed by atoms with Crippen LogP contribution in [-0.2, 0) is 16.1 Å². The number of nitrogens with zero attached hydrogens (tertiary/aromatic N) is 1. The predicted molar refractivity (Wildman–Crippen MR) is 81.2 cm³/mol. The highest BCUT2D eigenvalue weighted by Crippen LogP contribution is 2.20. The van der Waals surface area contributed by atoms with Crippen LogP contribution >= 0.6 is 0 Å². The molecule has 2 atom stereocenters. The highest BCUT2D eigenvalue weighted by Gasteiger charge is 2.33. The molecule has 5 nitrogen and oxygen atoms in total. The number of amides is 2. The van der Waals surface area contributed by atoms with Gasteiger partial charge >= 0.3 is 0 Å². The van der Waals surface area contributed by atoms with E-state index in [9.17, 15) is 9.59 Å². The Labute approximate surface area is 125 Å². The van der Waals surface area contributed by atoms with Crippen molar-refractivity contribution in [2.24, 2.45) is 11.7 Å². The summed E-state index contributed by atoms with van der Waals surface area (Å²) in [6, 6.07) is 9.91. The van der Waals surface area contributed by atoms with Crippen molar-refractivity contribution in [2.75, 3.05) is 13.1 Å². The van der Waals surface area contributed by atoms with Crippen molar-refractivity contribution in [1.82, 2.24) is 10.2 Å². The van der Waals surface area contributed by atoms with E-state index in [1.54, 1.807) is 4.90 Å². The second-order valence-electron chi connectivity index (χ2n) is 5.72. The van der Waals surface area contributed by atoms with E-state index in [0.29, 0.717) is 26.1 Å². The Balaban J connectivity index is 1.83. The van der Waals surface area contributed by atoms with E-state index in [1.807, 2.05) is 37.3 Å². The quantitative estimate of drug-likeness (QED) is 0.816. The third-order valence-electron chi connectivity index (χ3n) is 3.70. The number of rotatable bonds is 6. The van der Waals surface area contributed by atoms with Crippen LogP contribution in [0.3, 0.4) is 0 Å². The van der Waals surface area contributed by atoms with Gasteiger partial charge in [-0.15, -0.1) is 0 Å². The zero-order valence-electron chi connectivity index (χ0n) is 12.4. The topological polar surface area (TPSA) is 75.4 Å². The Morgan fingerprint density at radius 2 is 2.14 bits per heavy atom. The first-order valence-corrected chi connectivity index (χ1v) is 7.41. The average molecular weight is 289 g/mol. The number of nitrogens with two attached hydrogens (primary N) is 1. The zero-order valence-corrected chi connectivity index (χ0v) is 12.4. The molecule has 21 heavy (non-hydrogen) atoms. The van der Waals surface area contributed by atoms with Gasteiger partial charge in [-0.25, -0.2) is 0 Å². The van der Waals surface area contributed by atoms with Gasteiger partial charge in [-0.1, -0.05) is 30.3 Å². The van der Waals surface area contributed by atoms with E-state index in [1.165, 1.54) is 0 Å². The third kappa shape index (κ3) is 4.56. The number of carbonyl (C=O) groups is 2. The molecule has 2 amide bonds. The number of likely N-dealkylation sites (tertiary alicyclic amines) is 1. The molecule has 1 aliphatic rings. The molecule has 1 aliphatic heterocycles. The third-order valence-corrected chi connectivity index (χ3v) is 3.70. The molecule has 2 rings (SSSR count). The van der Waals surface area contributed by atoms with E-state index >= 15 is 0 Å². The van der Waals surface area contributed by atoms with Crippen LogP contribution in [0.1, 0.15) is 25.3 Å². The van der Waals surface area contributed by atoms with E-state index in [2.05, 4.69) is 5.32 Å². The lowest BCUT2D eigenvalue weighted by Gasteiger charge is -2.16. The van der Waals surface area contributed by atoms with Gasteiger partial charge in [0.25, 0.3) is 0 Å². The molecule has 1 fully saturated rings. The fourth-order valence-corrected chi connectivity index (χ4v) is 2.47. The Hall–Kier alpha value is -1.88. The van der Waals surface area contributed by atoms with Gasteiger partial charge in [0.05, 0.1) is 5.92 Å². The minimum absolute atomic E-state index is 0.0421. The lowest BCUT2D eigenvalue weighted by Crippen LogP contribution is -2.35. The average Bonchev–Trinajstić information content (AvgIpc) is 2.81. The van der Waals surface area contributed by atoms with Crippen molar-refractivity contribution in [3.05, 3.63) is 35.9 Å². The molecule has 0 aromatic heterocycles. The van der Waals surface area contributed by atoms with E-state index in [4.69, 9.17) is 5.73 Å². The van der Waals surface area contributed by atoms with E-state index < -0.39 is 0 Å². The summed E-state index contributed by atoms with van der Waals surface area (Å²) in [5.74, 6) is -0.236. The zero-order chi connectivity index (χ0) is 15.2. The maximum Gasteiger partial charge on any atom is 0.225 e. The predicted octanol–water partition coefficient (Wildman–Crippen LogP) is 0.889. The smallest absolute Gasteiger partial charge is 0.225 e. The number of hydrogen-bond donors (Lipinski definition) is 2. The van der Waals surface area contributed by atoms with Crippen LogP contribution < -0.4 is 11.1 Å². The normalized spacial score (nSPS) is 19.6. The molecule has 0 aliphatic carbocycles. The molecule has 5 heteroatoms. The van der Waals surface area contributed by atoms with Gasteiger partial charge in [-0.2, -0.15) is 0 Å². The molecule has 1 saturated heterocycles. The first-order valence-electron chi connectivity index (χ1n) is 7.41. The van der Waals surface area contributed by atoms with Crippen LogP contribution in [0, 0.1) is 5.92 Å². The maximum atomic E-state index is 12.0. The minimum Gasteiger partial charge on any atom is -0.356 e. The molecule has 114 valence electrons. The maximum absolute atomic E-state index is 12.0. The van der Waals surface area contributed by atoms with Gasteiger partial charge in [0.15, 0.2) is 0 Å².